The standard InChI is InChI=1S/C19H23NO/c1-11-10-21-18-13-6-7-15-12(5-4-8-19(15,2)3)17(13)16(20)9-14(11)18/h6-7,9,11H,4-5,8,10,20H2,1-3H3. The molecule has 0 saturated carbocycles. The van der Waals surface area contributed by atoms with Crippen molar-refractivity contribution in [2.45, 2.75) is 51.4 Å². The molecule has 0 aromatic heterocycles. The second-order valence-corrected chi connectivity index (χ2v) is 7.35. The van der Waals surface area contributed by atoms with Crippen LogP contribution in [-0.4, -0.2) is 6.61 Å². The smallest absolute Gasteiger partial charge is 0.130 e. The van der Waals surface area contributed by atoms with Crippen LogP contribution in [0.5, 0.6) is 5.75 Å². The van der Waals surface area contributed by atoms with Gasteiger partial charge >= 0.3 is 0 Å². The van der Waals surface area contributed by atoms with Gasteiger partial charge in [-0.25, -0.2) is 0 Å². The first-order chi connectivity index (χ1) is 9.99. The van der Waals surface area contributed by atoms with Crippen molar-refractivity contribution in [1.29, 1.82) is 0 Å². The molecule has 1 aliphatic carbocycles. The molecule has 0 fully saturated rings. The summed E-state index contributed by atoms with van der Waals surface area (Å²) in [6.07, 6.45) is 3.63. The van der Waals surface area contributed by atoms with E-state index < -0.39 is 0 Å². The van der Waals surface area contributed by atoms with Gasteiger partial charge in [-0.15, -0.1) is 0 Å². The Balaban J connectivity index is 2.08. The molecule has 1 unspecified atom stereocenters. The highest BCUT2D eigenvalue weighted by atomic mass is 16.5. The predicted molar refractivity (Wildman–Crippen MR) is 88.2 cm³/mol. The maximum atomic E-state index is 6.45. The summed E-state index contributed by atoms with van der Waals surface area (Å²) < 4.78 is 5.97. The number of hydrogen-bond donors (Lipinski definition) is 1. The fourth-order valence-corrected chi connectivity index (χ4v) is 4.19. The fraction of sp³-hybridized carbons (Fsp3) is 0.474. The number of aryl methyl sites for hydroxylation is 1. The van der Waals surface area contributed by atoms with E-state index in [1.54, 1.807) is 0 Å². The molecule has 21 heavy (non-hydrogen) atoms. The molecule has 4 rings (SSSR count). The minimum Gasteiger partial charge on any atom is -0.492 e. The first-order valence-corrected chi connectivity index (χ1v) is 8.00. The summed E-state index contributed by atoms with van der Waals surface area (Å²) in [6, 6.07) is 6.69. The van der Waals surface area contributed by atoms with Crippen LogP contribution in [0.2, 0.25) is 0 Å². The van der Waals surface area contributed by atoms with E-state index in [1.807, 2.05) is 0 Å². The monoisotopic (exact) mass is 281 g/mol. The summed E-state index contributed by atoms with van der Waals surface area (Å²) in [6.45, 7) is 7.67. The number of nitrogen functional groups attached to an aromatic ring is 1. The van der Waals surface area contributed by atoms with Gasteiger partial charge in [-0.3, -0.25) is 0 Å². The Hall–Kier alpha value is -1.70. The van der Waals surface area contributed by atoms with Crippen LogP contribution < -0.4 is 10.5 Å². The molecule has 0 amide bonds. The Morgan fingerprint density at radius 1 is 1.29 bits per heavy atom. The van der Waals surface area contributed by atoms with Crippen LogP contribution in [0.15, 0.2) is 18.2 Å². The quantitative estimate of drug-likeness (QED) is 0.720. The van der Waals surface area contributed by atoms with E-state index in [0.717, 1.165) is 24.5 Å². The van der Waals surface area contributed by atoms with E-state index in [0.29, 0.717) is 5.92 Å². The molecular weight excluding hydrogens is 258 g/mol. The number of hydrogen-bond acceptors (Lipinski definition) is 2. The number of anilines is 1. The molecule has 2 nitrogen and oxygen atoms in total. The minimum atomic E-state index is 0.251. The maximum Gasteiger partial charge on any atom is 0.130 e. The summed E-state index contributed by atoms with van der Waals surface area (Å²) in [5, 5.41) is 2.46. The van der Waals surface area contributed by atoms with Crippen LogP contribution in [-0.2, 0) is 11.8 Å². The molecule has 1 atom stereocenters. The molecular formula is C19H23NO. The van der Waals surface area contributed by atoms with Gasteiger partial charge in [0.1, 0.15) is 5.75 Å². The van der Waals surface area contributed by atoms with Gasteiger partial charge in [-0.05, 0) is 41.9 Å². The summed E-state index contributed by atoms with van der Waals surface area (Å²) in [5.74, 6) is 1.51. The van der Waals surface area contributed by atoms with Gasteiger partial charge < -0.3 is 10.5 Å². The topological polar surface area (TPSA) is 35.2 Å². The molecule has 0 bridgehead atoms. The molecule has 110 valence electrons. The van der Waals surface area contributed by atoms with Gasteiger partial charge in [0.2, 0.25) is 0 Å². The molecule has 2 aromatic carbocycles. The molecule has 1 aliphatic heterocycles. The van der Waals surface area contributed by atoms with Crippen LogP contribution in [0, 0.1) is 0 Å². The van der Waals surface area contributed by atoms with Crippen molar-refractivity contribution in [2.24, 2.45) is 0 Å². The number of rotatable bonds is 0. The second-order valence-electron chi connectivity index (χ2n) is 7.35. The minimum absolute atomic E-state index is 0.251. The van der Waals surface area contributed by atoms with Crippen LogP contribution >= 0.6 is 0 Å². The number of fused-ring (bicyclic) bond motifs is 5. The predicted octanol–water partition coefficient (Wildman–Crippen LogP) is 4.53. The lowest BCUT2D eigenvalue weighted by molar-refractivity contribution is 0.340. The van der Waals surface area contributed by atoms with Gasteiger partial charge in [0.25, 0.3) is 0 Å². The first kappa shape index (κ1) is 13.0. The number of nitrogens with two attached hydrogens (primary N) is 1. The Bertz CT molecular complexity index is 745. The SMILES string of the molecule is CC1COc2c1cc(N)c1c3c(ccc21)C(C)(C)CCC3. The van der Waals surface area contributed by atoms with Crippen LogP contribution in [0.25, 0.3) is 10.8 Å². The molecule has 2 heteroatoms. The zero-order chi connectivity index (χ0) is 14.8. The normalized spacial score (nSPS) is 22.7. The van der Waals surface area contributed by atoms with Crippen molar-refractivity contribution < 1.29 is 4.74 Å². The van der Waals surface area contributed by atoms with Crippen molar-refractivity contribution in [3.05, 3.63) is 34.9 Å². The molecule has 1 heterocycles. The molecule has 2 aromatic rings. The molecule has 2 aliphatic rings. The molecule has 0 radical (unpaired) electrons. The average molecular weight is 281 g/mol. The number of ether oxygens (including phenoxy) is 1. The summed E-state index contributed by atoms with van der Waals surface area (Å²) >= 11 is 0. The Labute approximate surface area is 126 Å². The average Bonchev–Trinajstić information content (AvgIpc) is 2.80. The van der Waals surface area contributed by atoms with E-state index in [4.69, 9.17) is 10.5 Å². The van der Waals surface area contributed by atoms with Crippen molar-refractivity contribution in [2.75, 3.05) is 12.3 Å². The third kappa shape index (κ3) is 1.71. The Morgan fingerprint density at radius 2 is 2.10 bits per heavy atom. The van der Waals surface area contributed by atoms with Crippen molar-refractivity contribution >= 4 is 16.5 Å². The summed E-state index contributed by atoms with van der Waals surface area (Å²) in [4.78, 5) is 0. The summed E-state index contributed by atoms with van der Waals surface area (Å²) in [5.41, 5.74) is 11.8. The number of benzene rings is 2. The third-order valence-corrected chi connectivity index (χ3v) is 5.39. The van der Waals surface area contributed by atoms with Crippen LogP contribution in [0.3, 0.4) is 0 Å². The van der Waals surface area contributed by atoms with Crippen LogP contribution in [0.1, 0.15) is 56.2 Å². The van der Waals surface area contributed by atoms with E-state index >= 15 is 0 Å². The highest BCUT2D eigenvalue weighted by Crippen LogP contribution is 2.47. The van der Waals surface area contributed by atoms with Crippen molar-refractivity contribution in [3.8, 4) is 5.75 Å². The van der Waals surface area contributed by atoms with Crippen molar-refractivity contribution in [1.82, 2.24) is 0 Å². The lowest BCUT2D eigenvalue weighted by Gasteiger charge is -2.33. The lowest BCUT2D eigenvalue weighted by atomic mass is 9.71. The van der Waals surface area contributed by atoms with Gasteiger partial charge in [-0.1, -0.05) is 32.9 Å². The van der Waals surface area contributed by atoms with Crippen molar-refractivity contribution in [3.63, 3.8) is 0 Å². The van der Waals surface area contributed by atoms with Gasteiger partial charge in [0, 0.05) is 27.9 Å². The third-order valence-electron chi connectivity index (χ3n) is 5.39. The molecule has 0 spiro atoms. The molecule has 0 saturated heterocycles. The lowest BCUT2D eigenvalue weighted by Crippen LogP contribution is -2.24. The van der Waals surface area contributed by atoms with Gasteiger partial charge in [-0.2, -0.15) is 0 Å². The zero-order valence-electron chi connectivity index (χ0n) is 13.1. The van der Waals surface area contributed by atoms with E-state index in [1.165, 1.54) is 40.3 Å². The second kappa shape index (κ2) is 4.16. The van der Waals surface area contributed by atoms with E-state index in [2.05, 4.69) is 39.0 Å². The van der Waals surface area contributed by atoms with Gasteiger partial charge in [0.05, 0.1) is 6.61 Å². The fourth-order valence-electron chi connectivity index (χ4n) is 4.19. The van der Waals surface area contributed by atoms with E-state index in [-0.39, 0.29) is 5.41 Å². The van der Waals surface area contributed by atoms with E-state index in [9.17, 15) is 0 Å². The summed E-state index contributed by atoms with van der Waals surface area (Å²) in [7, 11) is 0. The Morgan fingerprint density at radius 3 is 2.90 bits per heavy atom. The largest absolute Gasteiger partial charge is 0.492 e. The first-order valence-electron chi connectivity index (χ1n) is 8.00. The maximum absolute atomic E-state index is 6.45. The van der Waals surface area contributed by atoms with Crippen LogP contribution in [0.4, 0.5) is 5.69 Å². The van der Waals surface area contributed by atoms with Gasteiger partial charge in [0.15, 0.2) is 0 Å². The zero-order valence-corrected chi connectivity index (χ0v) is 13.1. The highest BCUT2D eigenvalue weighted by Gasteiger charge is 2.31. The Kier molecular flexibility index (Phi) is 2.57. The highest BCUT2D eigenvalue weighted by molar-refractivity contribution is 6.02. The molecule has 2 N–H and O–H groups in total.